The summed E-state index contributed by atoms with van der Waals surface area (Å²) in [5.41, 5.74) is 0.924. The standard InChI is InChI=1S/C32H38FN3O6S/c1-4-42-28-16-14-27(15-17-28)36(43(39,40)30-18-12-25(33)13-19-30)22-31(37)35(21-24-8-7-11-29(20-24)41-3)23(2)32(38)34-26-9-5-6-10-26/h7-8,11-20,23,26H,4-6,9-10,21-22H2,1-3H3,(H,34,38)/t23-/m1/s1. The van der Waals surface area contributed by atoms with Gasteiger partial charge in [-0.15, -0.1) is 0 Å². The molecule has 0 radical (unpaired) electrons. The SMILES string of the molecule is CCOc1ccc(N(CC(=O)N(Cc2cccc(OC)c2)[C@H](C)C(=O)NC2CCCC2)S(=O)(=O)c2ccc(F)cc2)cc1. The summed E-state index contributed by atoms with van der Waals surface area (Å²) in [5.74, 6) is -0.362. The van der Waals surface area contributed by atoms with Crippen molar-refractivity contribution in [1.82, 2.24) is 10.2 Å². The normalized spacial score (nSPS) is 14.1. The van der Waals surface area contributed by atoms with E-state index in [-0.39, 0.29) is 29.1 Å². The Morgan fingerprint density at radius 3 is 2.30 bits per heavy atom. The molecule has 0 heterocycles. The lowest BCUT2D eigenvalue weighted by molar-refractivity contribution is -0.139. The third-order valence-corrected chi connectivity index (χ3v) is 9.26. The molecule has 9 nitrogen and oxygen atoms in total. The highest BCUT2D eigenvalue weighted by atomic mass is 32.2. The molecule has 1 atom stereocenters. The number of nitrogens with one attached hydrogen (secondary N) is 1. The number of carbonyl (C=O) groups is 2. The number of hydrogen-bond acceptors (Lipinski definition) is 6. The Balaban J connectivity index is 1.69. The Kier molecular flexibility index (Phi) is 10.6. The van der Waals surface area contributed by atoms with E-state index in [4.69, 9.17) is 9.47 Å². The predicted molar refractivity (Wildman–Crippen MR) is 162 cm³/mol. The van der Waals surface area contributed by atoms with Crippen LogP contribution in [0.5, 0.6) is 11.5 Å². The number of benzene rings is 3. The molecule has 1 fully saturated rings. The van der Waals surface area contributed by atoms with Crippen molar-refractivity contribution in [3.8, 4) is 11.5 Å². The number of rotatable bonds is 13. The summed E-state index contributed by atoms with van der Waals surface area (Å²) in [6.07, 6.45) is 3.82. The van der Waals surface area contributed by atoms with E-state index in [0.29, 0.717) is 23.7 Å². The van der Waals surface area contributed by atoms with Crippen LogP contribution in [0.25, 0.3) is 0 Å². The molecule has 1 N–H and O–H groups in total. The van der Waals surface area contributed by atoms with Crippen LogP contribution in [0.3, 0.4) is 0 Å². The molecule has 0 aromatic heterocycles. The first-order valence-electron chi connectivity index (χ1n) is 14.4. The summed E-state index contributed by atoms with van der Waals surface area (Å²) in [6, 6.07) is 17.0. The monoisotopic (exact) mass is 611 g/mol. The second-order valence-electron chi connectivity index (χ2n) is 10.4. The molecule has 0 unspecified atom stereocenters. The van der Waals surface area contributed by atoms with Gasteiger partial charge in [-0.25, -0.2) is 12.8 Å². The summed E-state index contributed by atoms with van der Waals surface area (Å²) >= 11 is 0. The number of hydrogen-bond donors (Lipinski definition) is 1. The Morgan fingerprint density at radius 1 is 1.00 bits per heavy atom. The van der Waals surface area contributed by atoms with Gasteiger partial charge in [0.05, 0.1) is 24.3 Å². The van der Waals surface area contributed by atoms with Crippen LogP contribution < -0.4 is 19.1 Å². The highest BCUT2D eigenvalue weighted by Crippen LogP contribution is 2.27. The van der Waals surface area contributed by atoms with Gasteiger partial charge in [0.1, 0.15) is 29.9 Å². The Bertz CT molecular complexity index is 1490. The van der Waals surface area contributed by atoms with Gasteiger partial charge >= 0.3 is 0 Å². The van der Waals surface area contributed by atoms with Gasteiger partial charge in [-0.3, -0.25) is 13.9 Å². The minimum Gasteiger partial charge on any atom is -0.497 e. The largest absolute Gasteiger partial charge is 0.497 e. The molecule has 11 heteroatoms. The molecule has 2 amide bonds. The lowest BCUT2D eigenvalue weighted by Crippen LogP contribution is -2.52. The maximum atomic E-state index is 14.1. The van der Waals surface area contributed by atoms with Gasteiger partial charge in [0, 0.05) is 12.6 Å². The zero-order valence-electron chi connectivity index (χ0n) is 24.7. The second-order valence-corrected chi connectivity index (χ2v) is 12.3. The lowest BCUT2D eigenvalue weighted by atomic mass is 10.1. The molecule has 0 aliphatic heterocycles. The van der Waals surface area contributed by atoms with Gasteiger partial charge in [0.25, 0.3) is 10.0 Å². The maximum absolute atomic E-state index is 14.1. The van der Waals surface area contributed by atoms with Crippen LogP contribution in [-0.2, 0) is 26.2 Å². The first kappa shape index (κ1) is 31.8. The first-order chi connectivity index (χ1) is 20.6. The first-order valence-corrected chi connectivity index (χ1v) is 15.8. The molecule has 0 saturated heterocycles. The number of anilines is 1. The van der Waals surface area contributed by atoms with Crippen molar-refractivity contribution in [1.29, 1.82) is 0 Å². The summed E-state index contributed by atoms with van der Waals surface area (Å²) in [6.45, 7) is 3.34. The van der Waals surface area contributed by atoms with E-state index in [1.54, 1.807) is 49.4 Å². The lowest BCUT2D eigenvalue weighted by Gasteiger charge is -2.32. The van der Waals surface area contributed by atoms with Crippen molar-refractivity contribution in [2.45, 2.75) is 63.1 Å². The number of halogens is 1. The minimum atomic E-state index is -4.31. The van der Waals surface area contributed by atoms with Gasteiger partial charge in [0.15, 0.2) is 0 Å². The molecule has 230 valence electrons. The molecule has 0 spiro atoms. The topological polar surface area (TPSA) is 105 Å². The number of carbonyl (C=O) groups excluding carboxylic acids is 2. The number of amides is 2. The van der Waals surface area contributed by atoms with Crippen LogP contribution in [0.2, 0.25) is 0 Å². The molecule has 1 saturated carbocycles. The van der Waals surface area contributed by atoms with Crippen LogP contribution in [-0.4, -0.2) is 57.5 Å². The van der Waals surface area contributed by atoms with Gasteiger partial charge in [-0.05, 0) is 92.9 Å². The van der Waals surface area contributed by atoms with Crippen molar-refractivity contribution >= 4 is 27.5 Å². The number of ether oxygens (including phenoxy) is 2. The van der Waals surface area contributed by atoms with E-state index in [9.17, 15) is 22.4 Å². The Labute approximate surface area is 252 Å². The minimum absolute atomic E-state index is 0.0444. The van der Waals surface area contributed by atoms with Gasteiger partial charge in [-0.1, -0.05) is 25.0 Å². The summed E-state index contributed by atoms with van der Waals surface area (Å²) in [7, 11) is -2.78. The summed E-state index contributed by atoms with van der Waals surface area (Å²) in [4.78, 5) is 28.6. The van der Waals surface area contributed by atoms with Crippen molar-refractivity contribution in [2.24, 2.45) is 0 Å². The van der Waals surface area contributed by atoms with Gasteiger partial charge < -0.3 is 19.7 Å². The third kappa shape index (κ3) is 8.04. The highest BCUT2D eigenvalue weighted by molar-refractivity contribution is 7.92. The molecule has 0 bridgehead atoms. The fourth-order valence-corrected chi connectivity index (χ4v) is 6.49. The van der Waals surface area contributed by atoms with Crippen molar-refractivity contribution in [3.63, 3.8) is 0 Å². The molecule has 43 heavy (non-hydrogen) atoms. The van der Waals surface area contributed by atoms with Crippen LogP contribution in [0.4, 0.5) is 10.1 Å². The molecular formula is C32H38FN3O6S. The van der Waals surface area contributed by atoms with Crippen molar-refractivity contribution in [2.75, 3.05) is 24.6 Å². The highest BCUT2D eigenvalue weighted by Gasteiger charge is 2.33. The van der Waals surface area contributed by atoms with E-state index in [0.717, 1.165) is 54.3 Å². The molecule has 3 aromatic carbocycles. The van der Waals surface area contributed by atoms with E-state index in [2.05, 4.69) is 5.32 Å². The van der Waals surface area contributed by atoms with E-state index >= 15 is 0 Å². The Morgan fingerprint density at radius 2 is 1.67 bits per heavy atom. The zero-order chi connectivity index (χ0) is 31.0. The number of methoxy groups -OCH3 is 1. The van der Waals surface area contributed by atoms with Crippen molar-refractivity contribution in [3.05, 3.63) is 84.2 Å². The third-order valence-electron chi connectivity index (χ3n) is 7.47. The van der Waals surface area contributed by atoms with E-state index < -0.39 is 34.3 Å². The quantitative estimate of drug-likeness (QED) is 0.295. The van der Waals surface area contributed by atoms with Crippen LogP contribution >= 0.6 is 0 Å². The van der Waals surface area contributed by atoms with Gasteiger partial charge in [-0.2, -0.15) is 0 Å². The molecule has 3 aromatic rings. The Hall–Kier alpha value is -4.12. The van der Waals surface area contributed by atoms with Crippen molar-refractivity contribution < 1.29 is 31.9 Å². The average Bonchev–Trinajstić information content (AvgIpc) is 3.52. The van der Waals surface area contributed by atoms with E-state index in [1.165, 1.54) is 12.0 Å². The number of nitrogens with zero attached hydrogens (tertiary/aromatic N) is 2. The number of sulfonamides is 1. The average molecular weight is 612 g/mol. The van der Waals surface area contributed by atoms with Gasteiger partial charge in [0.2, 0.25) is 11.8 Å². The van der Waals surface area contributed by atoms with Crippen LogP contribution in [0.15, 0.2) is 77.7 Å². The molecule has 1 aliphatic carbocycles. The zero-order valence-corrected chi connectivity index (χ0v) is 25.5. The van der Waals surface area contributed by atoms with E-state index in [1.807, 2.05) is 13.0 Å². The fraction of sp³-hybridized carbons (Fsp3) is 0.375. The summed E-state index contributed by atoms with van der Waals surface area (Å²) in [5, 5.41) is 3.05. The second kappa shape index (κ2) is 14.4. The predicted octanol–water partition coefficient (Wildman–Crippen LogP) is 4.90. The smallest absolute Gasteiger partial charge is 0.264 e. The maximum Gasteiger partial charge on any atom is 0.264 e. The molecule has 4 rings (SSSR count). The summed E-state index contributed by atoms with van der Waals surface area (Å²) < 4.78 is 53.3. The van der Waals surface area contributed by atoms with Crippen LogP contribution in [0, 0.1) is 5.82 Å². The van der Waals surface area contributed by atoms with Crippen LogP contribution in [0.1, 0.15) is 45.1 Å². The molecular weight excluding hydrogens is 573 g/mol. The molecule has 1 aliphatic rings. The fourth-order valence-electron chi connectivity index (χ4n) is 5.08.